The largest absolute Gasteiger partial charge is 0.481 e. The van der Waals surface area contributed by atoms with Crippen molar-refractivity contribution in [2.75, 3.05) is 14.2 Å². The van der Waals surface area contributed by atoms with Crippen LogP contribution in [0, 0.1) is 6.92 Å². The molecule has 0 spiro atoms. The zero-order valence-corrected chi connectivity index (χ0v) is 8.62. The molecule has 1 aromatic rings. The van der Waals surface area contributed by atoms with Gasteiger partial charge in [0.25, 0.3) is 0 Å². The summed E-state index contributed by atoms with van der Waals surface area (Å²) in [4.78, 5) is 18.9. The first-order chi connectivity index (χ1) is 6.60. The summed E-state index contributed by atoms with van der Waals surface area (Å²) >= 11 is 0. The van der Waals surface area contributed by atoms with Crippen molar-refractivity contribution in [3.8, 4) is 11.8 Å². The summed E-state index contributed by atoms with van der Waals surface area (Å²) in [7, 11) is 2.97. The molecule has 0 aliphatic heterocycles. The molecule has 0 fully saturated rings. The van der Waals surface area contributed by atoms with Gasteiger partial charge in [-0.3, -0.25) is 4.79 Å². The molecule has 1 heterocycles. The van der Waals surface area contributed by atoms with Crippen LogP contribution in [0.25, 0.3) is 0 Å². The Balaban J connectivity index is 3.32. The second kappa shape index (κ2) is 4.04. The van der Waals surface area contributed by atoms with E-state index in [9.17, 15) is 4.79 Å². The van der Waals surface area contributed by atoms with E-state index in [0.29, 0.717) is 17.3 Å². The van der Waals surface area contributed by atoms with Gasteiger partial charge in [-0.05, 0) is 6.92 Å². The lowest BCUT2D eigenvalue weighted by atomic mass is 10.3. The van der Waals surface area contributed by atoms with Crippen molar-refractivity contribution in [3.05, 3.63) is 11.4 Å². The highest BCUT2D eigenvalue weighted by Crippen LogP contribution is 2.23. The Hall–Kier alpha value is -1.65. The van der Waals surface area contributed by atoms with Crippen molar-refractivity contribution in [3.63, 3.8) is 0 Å². The molecule has 0 aliphatic rings. The lowest BCUT2D eigenvalue weighted by molar-refractivity contribution is 0.100. The second-order valence-electron chi connectivity index (χ2n) is 2.75. The van der Waals surface area contributed by atoms with Crippen LogP contribution >= 0.6 is 0 Å². The van der Waals surface area contributed by atoms with Crippen molar-refractivity contribution >= 4 is 5.78 Å². The molecule has 0 bridgehead atoms. The number of nitrogens with zero attached hydrogens (tertiary/aromatic N) is 2. The van der Waals surface area contributed by atoms with Gasteiger partial charge in [-0.25, -0.2) is 0 Å². The standard InChI is InChI=1S/C9H12N2O3/c1-5-8(13-3)10-7(6(2)12)11-9(5)14-4/h1-4H3. The highest BCUT2D eigenvalue weighted by molar-refractivity contribution is 5.90. The van der Waals surface area contributed by atoms with Crippen LogP contribution in [-0.2, 0) is 0 Å². The van der Waals surface area contributed by atoms with E-state index in [1.54, 1.807) is 6.92 Å². The third-order valence-corrected chi connectivity index (χ3v) is 1.76. The minimum absolute atomic E-state index is 0.101. The summed E-state index contributed by atoms with van der Waals surface area (Å²) < 4.78 is 9.99. The van der Waals surface area contributed by atoms with Crippen LogP contribution in [0.5, 0.6) is 11.8 Å². The Kier molecular flexibility index (Phi) is 3.01. The molecular weight excluding hydrogens is 184 g/mol. The summed E-state index contributed by atoms with van der Waals surface area (Å²) in [6, 6.07) is 0. The number of methoxy groups -OCH3 is 2. The Morgan fingerprint density at radius 1 is 1.14 bits per heavy atom. The maximum absolute atomic E-state index is 11.1. The summed E-state index contributed by atoms with van der Waals surface area (Å²) in [5.74, 6) is 0.606. The van der Waals surface area contributed by atoms with E-state index in [1.165, 1.54) is 21.1 Å². The predicted molar refractivity (Wildman–Crippen MR) is 49.9 cm³/mol. The van der Waals surface area contributed by atoms with Gasteiger partial charge in [-0.2, -0.15) is 9.97 Å². The lowest BCUT2D eigenvalue weighted by Gasteiger charge is -2.08. The first-order valence-electron chi connectivity index (χ1n) is 4.07. The summed E-state index contributed by atoms with van der Waals surface area (Å²) in [6.45, 7) is 3.16. The third-order valence-electron chi connectivity index (χ3n) is 1.76. The van der Waals surface area contributed by atoms with Gasteiger partial charge in [-0.1, -0.05) is 0 Å². The van der Waals surface area contributed by atoms with Crippen molar-refractivity contribution in [1.82, 2.24) is 9.97 Å². The fourth-order valence-corrected chi connectivity index (χ4v) is 1.03. The molecule has 0 amide bonds. The number of rotatable bonds is 3. The van der Waals surface area contributed by atoms with Gasteiger partial charge in [0.1, 0.15) is 0 Å². The zero-order valence-electron chi connectivity index (χ0n) is 8.62. The van der Waals surface area contributed by atoms with Crippen LogP contribution in [-0.4, -0.2) is 30.0 Å². The lowest BCUT2D eigenvalue weighted by Crippen LogP contribution is -2.06. The second-order valence-corrected chi connectivity index (χ2v) is 2.75. The number of hydrogen-bond donors (Lipinski definition) is 0. The normalized spacial score (nSPS) is 9.71. The predicted octanol–water partition coefficient (Wildman–Crippen LogP) is 1.00. The number of hydrogen-bond acceptors (Lipinski definition) is 5. The number of ketones is 1. The third kappa shape index (κ3) is 1.81. The molecule has 0 N–H and O–H groups in total. The number of carbonyl (C=O) groups is 1. The van der Waals surface area contributed by atoms with Crippen LogP contribution in [0.4, 0.5) is 0 Å². The van der Waals surface area contributed by atoms with Gasteiger partial charge in [0, 0.05) is 6.92 Å². The van der Waals surface area contributed by atoms with Gasteiger partial charge < -0.3 is 9.47 Å². The molecule has 0 aromatic carbocycles. The highest BCUT2D eigenvalue weighted by Gasteiger charge is 2.13. The molecule has 1 aromatic heterocycles. The molecule has 0 atom stereocenters. The molecule has 0 unspecified atom stereocenters. The van der Waals surface area contributed by atoms with Crippen molar-refractivity contribution < 1.29 is 14.3 Å². The Labute approximate surface area is 82.1 Å². The average Bonchev–Trinajstić information content (AvgIpc) is 2.17. The van der Waals surface area contributed by atoms with Gasteiger partial charge in [0.15, 0.2) is 5.78 Å². The van der Waals surface area contributed by atoms with Crippen molar-refractivity contribution in [2.24, 2.45) is 0 Å². The number of ether oxygens (including phenoxy) is 2. The van der Waals surface area contributed by atoms with Crippen molar-refractivity contribution in [2.45, 2.75) is 13.8 Å². The number of aromatic nitrogens is 2. The van der Waals surface area contributed by atoms with E-state index in [0.717, 1.165) is 0 Å². The van der Waals surface area contributed by atoms with Crippen molar-refractivity contribution in [1.29, 1.82) is 0 Å². The molecule has 0 radical (unpaired) electrons. The molecule has 0 saturated heterocycles. The van der Waals surface area contributed by atoms with E-state index < -0.39 is 0 Å². The number of carbonyl (C=O) groups excluding carboxylic acids is 1. The highest BCUT2D eigenvalue weighted by atomic mass is 16.5. The van der Waals surface area contributed by atoms with E-state index in [4.69, 9.17) is 9.47 Å². The first-order valence-corrected chi connectivity index (χ1v) is 4.07. The molecule has 5 nitrogen and oxygen atoms in total. The molecule has 14 heavy (non-hydrogen) atoms. The number of Topliss-reactive ketones (excluding diaryl/α,β-unsaturated/α-hetero) is 1. The minimum atomic E-state index is -0.221. The monoisotopic (exact) mass is 196 g/mol. The Morgan fingerprint density at radius 3 is 1.86 bits per heavy atom. The van der Waals surface area contributed by atoms with E-state index in [1.807, 2.05) is 0 Å². The van der Waals surface area contributed by atoms with Gasteiger partial charge in [0.05, 0.1) is 19.8 Å². The van der Waals surface area contributed by atoms with Crippen LogP contribution in [0.15, 0.2) is 0 Å². The minimum Gasteiger partial charge on any atom is -0.481 e. The van der Waals surface area contributed by atoms with Crippen LogP contribution in [0.3, 0.4) is 0 Å². The van der Waals surface area contributed by atoms with Crippen LogP contribution in [0.1, 0.15) is 23.1 Å². The van der Waals surface area contributed by atoms with Gasteiger partial charge in [0.2, 0.25) is 17.6 Å². The Morgan fingerprint density at radius 2 is 1.57 bits per heavy atom. The van der Waals surface area contributed by atoms with Gasteiger partial charge in [-0.15, -0.1) is 0 Å². The first kappa shape index (κ1) is 10.4. The van der Waals surface area contributed by atoms with Crippen LogP contribution < -0.4 is 9.47 Å². The molecule has 0 aliphatic carbocycles. The van der Waals surface area contributed by atoms with Crippen LogP contribution in [0.2, 0.25) is 0 Å². The maximum atomic E-state index is 11.1. The zero-order chi connectivity index (χ0) is 10.7. The summed E-state index contributed by atoms with van der Waals surface area (Å²) in [5, 5.41) is 0. The fraction of sp³-hybridized carbons (Fsp3) is 0.444. The summed E-state index contributed by atoms with van der Waals surface area (Å²) in [5.41, 5.74) is 0.681. The summed E-state index contributed by atoms with van der Waals surface area (Å²) in [6.07, 6.45) is 0. The average molecular weight is 196 g/mol. The Bertz CT molecular complexity index is 338. The molecule has 1 rings (SSSR count). The fourth-order valence-electron chi connectivity index (χ4n) is 1.03. The van der Waals surface area contributed by atoms with Gasteiger partial charge >= 0.3 is 0 Å². The SMILES string of the molecule is COc1nc(C(C)=O)nc(OC)c1C. The van der Waals surface area contributed by atoms with E-state index in [2.05, 4.69) is 9.97 Å². The molecule has 5 heteroatoms. The maximum Gasteiger partial charge on any atom is 0.223 e. The quantitative estimate of drug-likeness (QED) is 0.675. The van der Waals surface area contributed by atoms with E-state index in [-0.39, 0.29) is 11.6 Å². The van der Waals surface area contributed by atoms with E-state index >= 15 is 0 Å². The topological polar surface area (TPSA) is 61.3 Å². The molecule has 76 valence electrons. The molecule has 0 saturated carbocycles. The molecular formula is C9H12N2O3. The smallest absolute Gasteiger partial charge is 0.223 e.